The number of anilines is 1. The molecular weight excluding hydrogens is 689 g/mol. The zero-order valence-corrected chi connectivity index (χ0v) is 32.8. The molecule has 0 aliphatic heterocycles. The molecule has 0 fully saturated rings. The van der Waals surface area contributed by atoms with E-state index in [1.807, 2.05) is 0 Å². The Morgan fingerprint density at radius 2 is 1.75 bits per heavy atom. The number of ether oxygens (including phenoxy) is 1. The molecule has 0 aliphatic rings. The van der Waals surface area contributed by atoms with E-state index in [9.17, 15) is 14.7 Å². The van der Waals surface area contributed by atoms with Gasteiger partial charge in [-0.3, -0.25) is 9.78 Å². The predicted octanol–water partition coefficient (Wildman–Crippen LogP) is 7.26. The summed E-state index contributed by atoms with van der Waals surface area (Å²) in [6, 6.07) is 6.70. The van der Waals surface area contributed by atoms with Gasteiger partial charge in [-0.05, 0) is 56.0 Å². The zero-order chi connectivity index (χ0) is 36.8. The molecule has 4 rings (SSSR count). The van der Waals surface area contributed by atoms with Crippen molar-refractivity contribution in [2.45, 2.75) is 112 Å². The van der Waals surface area contributed by atoms with Gasteiger partial charge in [0.1, 0.15) is 11.5 Å². The molecule has 0 atom stereocenters. The standard InChI is InChI=1S/C26H33N7.C13H22O4.Ni/c1-7-9-14-32(8-2)20-11-10-19(18(3)15-20)16-21-23(26(4,5)6)31-33-24(21)29-30-25(33)22-17-27-12-13-28-22;1-4-5-6-7-8-9-11(15)12(10(2)14)13(16)17-3;/h10-13,15-17H,7-9,14H2,1-6H3;15H,4-9H2,1-3H3;/p+1/b21-16-;;. The van der Waals surface area contributed by atoms with E-state index in [-0.39, 0.29) is 39.0 Å². The van der Waals surface area contributed by atoms with Crippen molar-refractivity contribution in [2.75, 3.05) is 25.1 Å². The number of esters is 1. The Kier molecular flexibility index (Phi) is 17.4. The van der Waals surface area contributed by atoms with E-state index in [2.05, 4.69) is 103 Å². The number of aryl methyl sites for hydroxylation is 1. The van der Waals surface area contributed by atoms with E-state index >= 15 is 0 Å². The molecule has 51 heavy (non-hydrogen) atoms. The van der Waals surface area contributed by atoms with Crippen LogP contribution in [0.1, 0.15) is 117 Å². The van der Waals surface area contributed by atoms with Crippen molar-refractivity contribution in [2.24, 2.45) is 0 Å². The van der Waals surface area contributed by atoms with E-state index in [1.54, 1.807) is 23.1 Å². The van der Waals surface area contributed by atoms with E-state index in [4.69, 9.17) is 5.10 Å². The summed E-state index contributed by atoms with van der Waals surface area (Å²) in [4.78, 5) is 31.6. The number of aliphatic hydroxyl groups excluding tert-OH is 1. The molecule has 11 nitrogen and oxygen atoms in total. The first-order valence-corrected chi connectivity index (χ1v) is 17.8. The van der Waals surface area contributed by atoms with Crippen molar-refractivity contribution in [3.05, 3.63) is 70.2 Å². The van der Waals surface area contributed by atoms with Gasteiger partial charge in [0.05, 0.1) is 25.9 Å². The first-order chi connectivity index (χ1) is 23.9. The molecule has 0 bridgehead atoms. The van der Waals surface area contributed by atoms with Gasteiger partial charge < -0.3 is 14.7 Å². The Balaban J connectivity index is 0.000000428. The largest absolute Gasteiger partial charge is 0.511 e. The number of aromatic nitrogens is 6. The Morgan fingerprint density at radius 1 is 1.04 bits per heavy atom. The van der Waals surface area contributed by atoms with Gasteiger partial charge in [0, 0.05) is 64.7 Å². The Morgan fingerprint density at radius 3 is 2.31 bits per heavy atom. The van der Waals surface area contributed by atoms with Crippen LogP contribution >= 0.6 is 0 Å². The zero-order valence-electron chi connectivity index (χ0n) is 31.8. The average Bonchev–Trinajstić information content (AvgIpc) is 3.67. The second-order valence-electron chi connectivity index (χ2n) is 13.5. The molecule has 3 aromatic heterocycles. The first-order valence-electron chi connectivity index (χ1n) is 17.8. The molecule has 0 spiro atoms. The van der Waals surface area contributed by atoms with Crippen molar-refractivity contribution in [1.29, 1.82) is 0 Å². The molecule has 0 unspecified atom stereocenters. The fourth-order valence-electron chi connectivity index (χ4n) is 5.65. The number of allylic oxidation sites excluding steroid dienone is 1. The van der Waals surface area contributed by atoms with Crippen LogP contribution in [0.4, 0.5) is 5.69 Å². The molecule has 280 valence electrons. The van der Waals surface area contributed by atoms with E-state index in [1.165, 1.54) is 51.0 Å². The number of nitrogens with zero attached hydrogens (tertiary/aromatic N) is 7. The number of carbonyl (C=O) groups is 1. The summed E-state index contributed by atoms with van der Waals surface area (Å²) in [7, 11) is 1.22. The molecule has 0 amide bonds. The molecule has 2 N–H and O–H groups in total. The van der Waals surface area contributed by atoms with Crippen LogP contribution in [0.25, 0.3) is 23.2 Å². The topological polar surface area (TPSA) is 140 Å². The number of aliphatic hydroxyl groups is 1. The van der Waals surface area contributed by atoms with Crippen LogP contribution in [0.3, 0.4) is 0 Å². The molecule has 4 aromatic rings. The SMILES string of the molecule is CCCCCCCC(O)=C(C(=O)OC)C(C)=[OH+].CCCCN(CC)c1ccc(/C=c2/c(C(C)(C)C)nn3c(-c4cnccn4)nnc23)c(C)c1.[Ni]. The number of hydrogen-bond acceptors (Lipinski definition) is 9. The average molecular weight is 746 g/mol. The van der Waals surface area contributed by atoms with Crippen LogP contribution in [-0.4, -0.2) is 71.6 Å². The molecule has 0 saturated heterocycles. The second-order valence-corrected chi connectivity index (χ2v) is 13.5. The van der Waals surface area contributed by atoms with Crippen LogP contribution in [-0.2, 0) is 31.4 Å². The summed E-state index contributed by atoms with van der Waals surface area (Å²) < 4.78 is 6.30. The maximum atomic E-state index is 11.3. The third-order valence-corrected chi connectivity index (χ3v) is 8.48. The fraction of sp³-hybridized carbons (Fsp3) is 0.513. The van der Waals surface area contributed by atoms with Crippen molar-refractivity contribution in [1.82, 2.24) is 29.8 Å². The summed E-state index contributed by atoms with van der Waals surface area (Å²) in [5.74, 6) is -0.392. The number of methoxy groups -OCH3 is 1. The van der Waals surface area contributed by atoms with Crippen molar-refractivity contribution in [3.63, 3.8) is 0 Å². The Hall–Kier alpha value is -4.18. The van der Waals surface area contributed by atoms with Crippen molar-refractivity contribution in [3.8, 4) is 11.5 Å². The molecule has 12 heteroatoms. The third kappa shape index (κ3) is 11.7. The van der Waals surface area contributed by atoms with Gasteiger partial charge >= 0.3 is 11.8 Å². The number of ketones is 1. The quantitative estimate of drug-likeness (QED) is 0.0195. The molecule has 0 saturated carbocycles. The smallest absolute Gasteiger partial charge is 0.350 e. The Bertz CT molecular complexity index is 1800. The number of carbonyl (C=O) groups excluding carboxylic acids is 2. The van der Waals surface area contributed by atoms with Gasteiger partial charge in [-0.2, -0.15) is 9.61 Å². The van der Waals surface area contributed by atoms with Crippen LogP contribution in [0.15, 0.2) is 48.1 Å². The first kappa shape index (κ1) is 43.0. The summed E-state index contributed by atoms with van der Waals surface area (Å²) in [6.07, 6.45) is 15.3. The van der Waals surface area contributed by atoms with Crippen LogP contribution in [0.2, 0.25) is 0 Å². The van der Waals surface area contributed by atoms with Gasteiger partial charge in [-0.25, -0.2) is 9.78 Å². The minimum absolute atomic E-state index is 0. The number of hydrogen-bond donors (Lipinski definition) is 1. The Labute approximate surface area is 312 Å². The van der Waals surface area contributed by atoms with E-state index in [0.717, 1.165) is 54.5 Å². The van der Waals surface area contributed by atoms with Crippen LogP contribution < -0.4 is 10.1 Å². The van der Waals surface area contributed by atoms with Crippen LogP contribution in [0, 0.1) is 6.92 Å². The third-order valence-electron chi connectivity index (χ3n) is 8.48. The fourth-order valence-corrected chi connectivity index (χ4v) is 5.65. The summed E-state index contributed by atoms with van der Waals surface area (Å²) in [5.41, 5.74) is 5.78. The number of benzene rings is 1. The number of unbranched alkanes of at least 4 members (excludes halogenated alkanes) is 5. The molecule has 0 aliphatic carbocycles. The van der Waals surface area contributed by atoms with Gasteiger partial charge in [0.2, 0.25) is 5.82 Å². The number of fused-ring (bicyclic) bond motifs is 1. The van der Waals surface area contributed by atoms with Gasteiger partial charge in [0.25, 0.3) is 0 Å². The van der Waals surface area contributed by atoms with Gasteiger partial charge in [-0.1, -0.05) is 72.8 Å². The maximum absolute atomic E-state index is 11.3. The van der Waals surface area contributed by atoms with Crippen molar-refractivity contribution >= 4 is 29.2 Å². The van der Waals surface area contributed by atoms with Gasteiger partial charge in [-0.15, -0.1) is 10.2 Å². The van der Waals surface area contributed by atoms with E-state index in [0.29, 0.717) is 17.9 Å². The molecule has 0 radical (unpaired) electrons. The molecule has 1 aromatic carbocycles. The molecular formula is C39H56N7NiO4+. The molecule has 3 heterocycles. The minimum atomic E-state index is -0.698. The normalized spacial score (nSPS) is 12.1. The summed E-state index contributed by atoms with van der Waals surface area (Å²) >= 11 is 0. The van der Waals surface area contributed by atoms with E-state index < -0.39 is 5.97 Å². The summed E-state index contributed by atoms with van der Waals surface area (Å²) in [6.45, 7) is 18.7. The monoisotopic (exact) mass is 744 g/mol. The van der Waals surface area contributed by atoms with Crippen LogP contribution in [0.5, 0.6) is 0 Å². The van der Waals surface area contributed by atoms with Crippen molar-refractivity contribution < 1.29 is 35.9 Å². The minimum Gasteiger partial charge on any atom is -0.511 e. The number of rotatable bonds is 15. The maximum Gasteiger partial charge on any atom is 0.350 e. The second kappa shape index (κ2) is 20.6. The predicted molar refractivity (Wildman–Crippen MR) is 201 cm³/mol. The van der Waals surface area contributed by atoms with Gasteiger partial charge in [0.15, 0.2) is 11.2 Å². The summed E-state index contributed by atoms with van der Waals surface area (Å²) in [5, 5.41) is 24.5.